The standard InChI is InChI=1S/C32H42O13/c1-6-14(2)24(36)43-18-10-17(42-15(3)34)29(11-33)12-40-20-21(29)30(18)13-41-25(37)22(30)27(4,23(20)35)32-19-9-16(28(32,5)45-32)31(38)7-8-39-26(31)44-19/h6-8,16-23,25-26,33,35,37-38H,9-13H2,1-5H3/b14-6+/t16-,17-,18-,19+,20-,21-,22+,23-,25+,26+,27+,28+,29-,30+,31-,32+/m1/s1. The average molecular weight is 635 g/mol. The van der Waals surface area contributed by atoms with Gasteiger partial charge in [0.05, 0.1) is 49.8 Å². The van der Waals surface area contributed by atoms with Gasteiger partial charge < -0.3 is 53.6 Å². The number of esters is 2. The first-order valence-corrected chi connectivity index (χ1v) is 15.9. The molecule has 8 rings (SSSR count). The van der Waals surface area contributed by atoms with Crippen LogP contribution in [0.2, 0.25) is 0 Å². The molecule has 3 aliphatic carbocycles. The number of hydrogen-bond donors (Lipinski definition) is 4. The van der Waals surface area contributed by atoms with Crippen LogP contribution >= 0.6 is 0 Å². The van der Waals surface area contributed by atoms with E-state index in [1.807, 2.05) is 13.8 Å². The van der Waals surface area contributed by atoms with Crippen molar-refractivity contribution >= 4 is 11.9 Å². The zero-order valence-electron chi connectivity index (χ0n) is 26.0. The van der Waals surface area contributed by atoms with Crippen LogP contribution in [0.4, 0.5) is 0 Å². The molecule has 0 radical (unpaired) electrons. The Balaban J connectivity index is 1.32. The van der Waals surface area contributed by atoms with Gasteiger partial charge >= 0.3 is 11.9 Å². The number of fused-ring (bicyclic) bond motifs is 7. The van der Waals surface area contributed by atoms with Crippen LogP contribution in [0.25, 0.3) is 0 Å². The van der Waals surface area contributed by atoms with Crippen molar-refractivity contribution in [1.29, 1.82) is 0 Å². The van der Waals surface area contributed by atoms with E-state index in [2.05, 4.69) is 0 Å². The Hall–Kier alpha value is -2.10. The molecule has 8 aliphatic rings. The molecule has 7 fully saturated rings. The summed E-state index contributed by atoms with van der Waals surface area (Å²) in [6, 6.07) is 0. The molecule has 4 N–H and O–H groups in total. The Morgan fingerprint density at radius 1 is 1.04 bits per heavy atom. The smallest absolute Gasteiger partial charge is 0.333 e. The largest absolute Gasteiger partial charge is 0.469 e. The number of allylic oxidation sites excluding steroid dienone is 1. The van der Waals surface area contributed by atoms with E-state index in [0.717, 1.165) is 0 Å². The summed E-state index contributed by atoms with van der Waals surface area (Å²) in [6.45, 7) is 7.79. The van der Waals surface area contributed by atoms with Gasteiger partial charge in [-0.2, -0.15) is 0 Å². The van der Waals surface area contributed by atoms with Crippen molar-refractivity contribution in [2.24, 2.45) is 34.0 Å². The number of carbonyl (C=O) groups excluding carboxylic acids is 2. The van der Waals surface area contributed by atoms with Gasteiger partial charge in [0.2, 0.25) is 6.29 Å². The summed E-state index contributed by atoms with van der Waals surface area (Å²) in [4.78, 5) is 25.8. The lowest BCUT2D eigenvalue weighted by Crippen LogP contribution is -2.77. The van der Waals surface area contributed by atoms with E-state index >= 15 is 0 Å². The Bertz CT molecular complexity index is 1400. The first-order valence-electron chi connectivity index (χ1n) is 15.9. The fraction of sp³-hybridized carbons (Fsp3) is 0.812. The van der Waals surface area contributed by atoms with Crippen LogP contribution in [0.15, 0.2) is 24.0 Å². The molecule has 0 unspecified atom stereocenters. The maximum atomic E-state index is 13.4. The average Bonchev–Trinajstić information content (AvgIpc) is 3.39. The number of ether oxygens (including phenoxy) is 7. The molecule has 0 aromatic carbocycles. The summed E-state index contributed by atoms with van der Waals surface area (Å²) in [6.07, 6.45) is -2.07. The van der Waals surface area contributed by atoms with Crippen LogP contribution in [-0.2, 0) is 42.7 Å². The first kappa shape index (κ1) is 30.2. The maximum absolute atomic E-state index is 13.4. The molecule has 248 valence electrons. The molecule has 5 heterocycles. The zero-order chi connectivity index (χ0) is 32.1. The fourth-order valence-corrected chi connectivity index (χ4v) is 11.6. The summed E-state index contributed by atoms with van der Waals surface area (Å²) in [5.74, 6) is -3.27. The number of rotatable bonds is 5. The third kappa shape index (κ3) is 3.13. The van der Waals surface area contributed by atoms with E-state index in [4.69, 9.17) is 33.2 Å². The van der Waals surface area contributed by atoms with Crippen LogP contribution in [-0.4, -0.2) is 112 Å². The maximum Gasteiger partial charge on any atom is 0.333 e. The van der Waals surface area contributed by atoms with E-state index in [-0.39, 0.29) is 19.6 Å². The number of hydrogen-bond acceptors (Lipinski definition) is 13. The molecule has 13 heteroatoms. The van der Waals surface area contributed by atoms with Gasteiger partial charge in [0.15, 0.2) is 11.9 Å². The quantitative estimate of drug-likeness (QED) is 0.181. The molecule has 0 aromatic rings. The van der Waals surface area contributed by atoms with Crippen molar-refractivity contribution in [2.75, 3.05) is 19.8 Å². The van der Waals surface area contributed by atoms with Gasteiger partial charge in [0.1, 0.15) is 23.4 Å². The normalized spacial score (nSPS) is 58.2. The van der Waals surface area contributed by atoms with E-state index < -0.39 is 112 Å². The Morgan fingerprint density at radius 3 is 2.49 bits per heavy atom. The summed E-state index contributed by atoms with van der Waals surface area (Å²) in [7, 11) is 0. The minimum Gasteiger partial charge on any atom is -0.469 e. The van der Waals surface area contributed by atoms with Gasteiger partial charge in [-0.25, -0.2) is 4.79 Å². The summed E-state index contributed by atoms with van der Waals surface area (Å²) in [5, 5.41) is 47.3. The zero-order valence-corrected chi connectivity index (χ0v) is 26.0. The van der Waals surface area contributed by atoms with Gasteiger partial charge in [0, 0.05) is 47.5 Å². The summed E-state index contributed by atoms with van der Waals surface area (Å²) < 4.78 is 43.4. The second kappa shape index (κ2) is 9.07. The van der Waals surface area contributed by atoms with E-state index in [0.29, 0.717) is 12.0 Å². The molecule has 5 aliphatic heterocycles. The van der Waals surface area contributed by atoms with Gasteiger partial charge in [-0.3, -0.25) is 4.79 Å². The second-order valence-electron chi connectivity index (χ2n) is 14.9. The molecule has 2 bridgehead atoms. The van der Waals surface area contributed by atoms with Crippen molar-refractivity contribution in [3.05, 3.63) is 24.0 Å². The van der Waals surface area contributed by atoms with E-state index in [1.165, 1.54) is 13.2 Å². The summed E-state index contributed by atoms with van der Waals surface area (Å²) >= 11 is 0. The highest BCUT2D eigenvalue weighted by Gasteiger charge is 2.95. The number of epoxide rings is 1. The highest BCUT2D eigenvalue weighted by atomic mass is 16.7. The second-order valence-corrected chi connectivity index (χ2v) is 14.9. The van der Waals surface area contributed by atoms with Gasteiger partial charge in [-0.05, 0) is 33.3 Å². The molecule has 0 aromatic heterocycles. The third-order valence-electron chi connectivity index (χ3n) is 13.5. The number of carbonyl (C=O) groups is 2. The predicted molar refractivity (Wildman–Crippen MR) is 148 cm³/mol. The van der Waals surface area contributed by atoms with Crippen molar-refractivity contribution in [1.82, 2.24) is 0 Å². The Labute approximate surface area is 260 Å². The SMILES string of the molecule is C/C=C(\C)C(=O)O[C@@H]1C[C@@H](OC(C)=O)[C@@]2(CO)CO[C@@H]3[C@H]2[C@]12CO[C@H](O)[C@H]2[C@](C)([C@]12O[C@@]1(C)[C@H]1C[C@@H]2O[C@@H]2OC=C[C@]21O)[C@@H]3O. The van der Waals surface area contributed by atoms with Gasteiger partial charge in [0.25, 0.3) is 0 Å². The highest BCUT2D eigenvalue weighted by molar-refractivity contribution is 5.87. The monoisotopic (exact) mass is 634 g/mol. The number of aliphatic hydroxyl groups is 4. The van der Waals surface area contributed by atoms with Crippen molar-refractivity contribution in [3.8, 4) is 0 Å². The molecule has 16 atom stereocenters. The molecule has 0 amide bonds. The van der Waals surface area contributed by atoms with Crippen molar-refractivity contribution in [3.63, 3.8) is 0 Å². The van der Waals surface area contributed by atoms with Crippen molar-refractivity contribution < 1.29 is 63.2 Å². The minimum atomic E-state index is -1.45. The van der Waals surface area contributed by atoms with Crippen LogP contribution < -0.4 is 0 Å². The molecular formula is C32H42O13. The molecule has 4 saturated heterocycles. The van der Waals surface area contributed by atoms with Gasteiger partial charge in [-0.1, -0.05) is 13.0 Å². The lowest BCUT2D eigenvalue weighted by Gasteiger charge is -2.65. The number of aliphatic hydroxyl groups excluding tert-OH is 3. The van der Waals surface area contributed by atoms with Gasteiger partial charge in [-0.15, -0.1) is 0 Å². The topological polar surface area (TPSA) is 183 Å². The third-order valence-corrected chi connectivity index (χ3v) is 13.5. The Morgan fingerprint density at radius 2 is 1.80 bits per heavy atom. The molecular weight excluding hydrogens is 592 g/mol. The lowest BCUT2D eigenvalue weighted by molar-refractivity contribution is -0.304. The first-order chi connectivity index (χ1) is 21.2. The fourth-order valence-electron chi connectivity index (χ4n) is 11.6. The van der Waals surface area contributed by atoms with Crippen LogP contribution in [0.5, 0.6) is 0 Å². The molecule has 1 spiro atoms. The Kier molecular flexibility index (Phi) is 6.10. The van der Waals surface area contributed by atoms with E-state index in [1.54, 1.807) is 26.0 Å². The minimum absolute atomic E-state index is 0.0162. The molecule has 3 saturated carbocycles. The summed E-state index contributed by atoms with van der Waals surface area (Å²) in [5.41, 5.74) is -7.05. The van der Waals surface area contributed by atoms with Crippen LogP contribution in [0, 0.1) is 34.0 Å². The molecule has 45 heavy (non-hydrogen) atoms. The molecule has 13 nitrogen and oxygen atoms in total. The van der Waals surface area contributed by atoms with Crippen LogP contribution in [0.3, 0.4) is 0 Å². The van der Waals surface area contributed by atoms with E-state index in [9.17, 15) is 30.0 Å². The predicted octanol–water partition coefficient (Wildman–Crippen LogP) is 0.0730. The van der Waals surface area contributed by atoms with Crippen molar-refractivity contribution in [2.45, 2.75) is 107 Å². The highest BCUT2D eigenvalue weighted by Crippen LogP contribution is 2.82. The lowest BCUT2D eigenvalue weighted by atomic mass is 9.38. The van der Waals surface area contributed by atoms with Crippen LogP contribution in [0.1, 0.15) is 47.5 Å².